The summed E-state index contributed by atoms with van der Waals surface area (Å²) in [4.78, 5) is 36.1. The van der Waals surface area contributed by atoms with Crippen molar-refractivity contribution in [1.82, 2.24) is 0 Å². The van der Waals surface area contributed by atoms with Crippen molar-refractivity contribution in [1.29, 1.82) is 0 Å². The predicted molar refractivity (Wildman–Crippen MR) is 111 cm³/mol. The van der Waals surface area contributed by atoms with Gasteiger partial charge in [0.2, 0.25) is 5.91 Å². The maximum atomic E-state index is 13.1. The SMILES string of the molecule is CC(C)(C)OC(=O)Nc1ccc(C(F)(F)F)cc1NC(=O)CC(=O)OCc1ccccc1. The van der Waals surface area contributed by atoms with Crippen LogP contribution in [0.1, 0.15) is 38.3 Å². The molecule has 0 heterocycles. The standard InChI is InChI=1S/C22H23F3N2O5/c1-21(2,3)32-20(30)27-16-10-9-15(22(23,24)25)11-17(16)26-18(28)12-19(29)31-13-14-7-5-4-6-8-14/h4-11H,12-13H2,1-3H3,(H,26,28)(H,27,30). The molecular weight excluding hydrogens is 429 g/mol. The van der Waals surface area contributed by atoms with Crippen molar-refractivity contribution < 1.29 is 37.0 Å². The van der Waals surface area contributed by atoms with E-state index in [0.717, 1.165) is 12.1 Å². The summed E-state index contributed by atoms with van der Waals surface area (Å²) in [6.07, 6.45) is -6.33. The van der Waals surface area contributed by atoms with E-state index >= 15 is 0 Å². The molecule has 172 valence electrons. The van der Waals surface area contributed by atoms with E-state index in [4.69, 9.17) is 9.47 Å². The summed E-state index contributed by atoms with van der Waals surface area (Å²) in [5.74, 6) is -1.77. The summed E-state index contributed by atoms with van der Waals surface area (Å²) >= 11 is 0. The van der Waals surface area contributed by atoms with Crippen LogP contribution in [0.25, 0.3) is 0 Å². The van der Waals surface area contributed by atoms with E-state index in [-0.39, 0.29) is 18.0 Å². The lowest BCUT2D eigenvalue weighted by Gasteiger charge is -2.21. The van der Waals surface area contributed by atoms with Crippen LogP contribution in [-0.4, -0.2) is 23.6 Å². The smallest absolute Gasteiger partial charge is 0.416 e. The van der Waals surface area contributed by atoms with E-state index in [0.29, 0.717) is 11.6 Å². The first kappa shape index (κ1) is 24.7. The number of hydrogen-bond donors (Lipinski definition) is 2. The molecule has 7 nitrogen and oxygen atoms in total. The quantitative estimate of drug-likeness (QED) is 0.469. The summed E-state index contributed by atoms with van der Waals surface area (Å²) in [6.45, 7) is 4.79. The highest BCUT2D eigenvalue weighted by molar-refractivity contribution is 6.04. The molecule has 0 fully saturated rings. The monoisotopic (exact) mass is 452 g/mol. The van der Waals surface area contributed by atoms with Gasteiger partial charge in [0.1, 0.15) is 18.6 Å². The number of hydrogen-bond acceptors (Lipinski definition) is 5. The molecule has 0 bridgehead atoms. The second-order valence-electron chi connectivity index (χ2n) is 7.76. The Morgan fingerprint density at radius 3 is 2.16 bits per heavy atom. The molecule has 0 atom stereocenters. The first-order valence-electron chi connectivity index (χ1n) is 9.54. The molecule has 2 rings (SSSR count). The Bertz CT molecular complexity index is 970. The number of nitrogens with one attached hydrogen (secondary N) is 2. The van der Waals surface area contributed by atoms with Crippen LogP contribution >= 0.6 is 0 Å². The molecule has 2 aromatic carbocycles. The number of halogens is 3. The zero-order chi connectivity index (χ0) is 23.9. The van der Waals surface area contributed by atoms with Crippen molar-refractivity contribution in [2.24, 2.45) is 0 Å². The van der Waals surface area contributed by atoms with Gasteiger partial charge in [0.15, 0.2) is 0 Å². The molecule has 2 N–H and O–H groups in total. The second kappa shape index (κ2) is 10.2. The Hall–Kier alpha value is -3.56. The topological polar surface area (TPSA) is 93.7 Å². The molecule has 2 amide bonds. The van der Waals surface area contributed by atoms with E-state index < -0.39 is 41.7 Å². The Balaban J connectivity index is 2.09. The van der Waals surface area contributed by atoms with Gasteiger partial charge >= 0.3 is 18.2 Å². The molecular formula is C22H23F3N2O5. The lowest BCUT2D eigenvalue weighted by atomic mass is 10.1. The molecule has 0 aliphatic heterocycles. The Labute approximate surface area is 182 Å². The van der Waals surface area contributed by atoms with Crippen molar-refractivity contribution >= 4 is 29.3 Å². The average molecular weight is 452 g/mol. The van der Waals surface area contributed by atoms with Crippen LogP contribution in [0, 0.1) is 0 Å². The molecule has 0 saturated heterocycles. The summed E-state index contributed by atoms with van der Waals surface area (Å²) in [7, 11) is 0. The first-order chi connectivity index (χ1) is 14.8. The maximum Gasteiger partial charge on any atom is 0.416 e. The molecule has 2 aromatic rings. The lowest BCUT2D eigenvalue weighted by Crippen LogP contribution is -2.28. The lowest BCUT2D eigenvalue weighted by molar-refractivity contribution is -0.146. The minimum Gasteiger partial charge on any atom is -0.460 e. The number of alkyl halides is 3. The van der Waals surface area contributed by atoms with Crippen molar-refractivity contribution in [2.45, 2.75) is 45.6 Å². The third kappa shape index (κ3) is 8.29. The van der Waals surface area contributed by atoms with Gasteiger partial charge in [-0.05, 0) is 44.5 Å². The van der Waals surface area contributed by atoms with Crippen LogP contribution in [0.3, 0.4) is 0 Å². The zero-order valence-electron chi connectivity index (χ0n) is 17.7. The van der Waals surface area contributed by atoms with Crippen molar-refractivity contribution in [2.75, 3.05) is 10.6 Å². The molecule has 10 heteroatoms. The van der Waals surface area contributed by atoms with Gasteiger partial charge in [0.05, 0.1) is 16.9 Å². The number of carbonyl (C=O) groups is 3. The van der Waals surface area contributed by atoms with Gasteiger partial charge in [-0.3, -0.25) is 14.9 Å². The van der Waals surface area contributed by atoms with Crippen LogP contribution in [0.4, 0.5) is 29.3 Å². The van der Waals surface area contributed by atoms with Crippen LogP contribution in [-0.2, 0) is 31.8 Å². The van der Waals surface area contributed by atoms with Crippen molar-refractivity contribution in [3.8, 4) is 0 Å². The fourth-order valence-electron chi connectivity index (χ4n) is 2.46. The Morgan fingerprint density at radius 2 is 1.56 bits per heavy atom. The number of ether oxygens (including phenoxy) is 2. The summed E-state index contributed by atoms with van der Waals surface area (Å²) < 4.78 is 49.4. The second-order valence-corrected chi connectivity index (χ2v) is 7.76. The maximum absolute atomic E-state index is 13.1. The molecule has 0 radical (unpaired) electrons. The number of esters is 1. The highest BCUT2D eigenvalue weighted by Crippen LogP contribution is 2.34. The average Bonchev–Trinajstić information content (AvgIpc) is 2.66. The van der Waals surface area contributed by atoms with Gasteiger partial charge in [0.25, 0.3) is 0 Å². The van der Waals surface area contributed by atoms with Crippen LogP contribution in [0.15, 0.2) is 48.5 Å². The van der Waals surface area contributed by atoms with Gasteiger partial charge in [-0.25, -0.2) is 4.79 Å². The number of benzene rings is 2. The van der Waals surface area contributed by atoms with Crippen LogP contribution in [0.5, 0.6) is 0 Å². The molecule has 0 aromatic heterocycles. The predicted octanol–water partition coefficient (Wildman–Crippen LogP) is 5.12. The minimum atomic E-state index is -4.68. The number of amides is 2. The van der Waals surface area contributed by atoms with Crippen LogP contribution in [0.2, 0.25) is 0 Å². The van der Waals surface area contributed by atoms with E-state index in [1.54, 1.807) is 51.1 Å². The van der Waals surface area contributed by atoms with Gasteiger partial charge in [-0.1, -0.05) is 30.3 Å². The normalized spacial score (nSPS) is 11.4. The molecule has 0 spiro atoms. The van der Waals surface area contributed by atoms with Gasteiger partial charge in [0, 0.05) is 0 Å². The van der Waals surface area contributed by atoms with Crippen LogP contribution < -0.4 is 10.6 Å². The molecule has 0 aliphatic carbocycles. The summed E-state index contributed by atoms with van der Waals surface area (Å²) in [5.41, 5.74) is -1.65. The molecule has 0 aliphatic rings. The molecule has 0 unspecified atom stereocenters. The van der Waals surface area contributed by atoms with E-state index in [1.165, 1.54) is 0 Å². The van der Waals surface area contributed by atoms with Crippen molar-refractivity contribution in [3.63, 3.8) is 0 Å². The minimum absolute atomic E-state index is 0.0536. The Kier molecular flexibility index (Phi) is 7.85. The van der Waals surface area contributed by atoms with Gasteiger partial charge in [-0.2, -0.15) is 13.2 Å². The first-order valence-corrected chi connectivity index (χ1v) is 9.54. The fourth-order valence-corrected chi connectivity index (χ4v) is 2.46. The summed E-state index contributed by atoms with van der Waals surface area (Å²) in [5, 5.41) is 4.50. The number of rotatable bonds is 6. The fraction of sp³-hybridized carbons (Fsp3) is 0.318. The summed E-state index contributed by atoms with van der Waals surface area (Å²) in [6, 6.07) is 11.1. The molecule has 32 heavy (non-hydrogen) atoms. The number of carbonyl (C=O) groups excluding carboxylic acids is 3. The largest absolute Gasteiger partial charge is 0.460 e. The third-order valence-electron chi connectivity index (χ3n) is 3.80. The third-order valence-corrected chi connectivity index (χ3v) is 3.80. The zero-order valence-corrected chi connectivity index (χ0v) is 17.7. The highest BCUT2D eigenvalue weighted by atomic mass is 19.4. The van der Waals surface area contributed by atoms with E-state index in [2.05, 4.69) is 10.6 Å². The Morgan fingerprint density at radius 1 is 0.906 bits per heavy atom. The van der Waals surface area contributed by atoms with E-state index in [1.807, 2.05) is 0 Å². The van der Waals surface area contributed by atoms with Crippen molar-refractivity contribution in [3.05, 3.63) is 59.7 Å². The van der Waals surface area contributed by atoms with Gasteiger partial charge in [-0.15, -0.1) is 0 Å². The molecule has 0 saturated carbocycles. The number of anilines is 2. The highest BCUT2D eigenvalue weighted by Gasteiger charge is 2.31. The van der Waals surface area contributed by atoms with Gasteiger partial charge < -0.3 is 14.8 Å². The van der Waals surface area contributed by atoms with E-state index in [9.17, 15) is 27.6 Å².